The molecule has 52 heavy (non-hydrogen) atoms. The van der Waals surface area contributed by atoms with Crippen LogP contribution in [0.25, 0.3) is 0 Å². The van der Waals surface area contributed by atoms with Crippen LogP contribution >= 0.6 is 0 Å². The normalized spacial score (nSPS) is 10.5. The summed E-state index contributed by atoms with van der Waals surface area (Å²) in [6.07, 6.45) is 7.84. The van der Waals surface area contributed by atoms with Gasteiger partial charge in [0.15, 0.2) is 0 Å². The maximum absolute atomic E-state index is 12.5. The van der Waals surface area contributed by atoms with E-state index in [-0.39, 0.29) is 12.8 Å². The Morgan fingerprint density at radius 3 is 0.981 bits per heavy atom. The van der Waals surface area contributed by atoms with E-state index in [0.29, 0.717) is 32.1 Å². The van der Waals surface area contributed by atoms with E-state index in [1.54, 1.807) is 0 Å². The smallest absolute Gasteiger partial charge is 0.331 e. The Morgan fingerprint density at radius 2 is 0.635 bits per heavy atom. The average Bonchev–Trinajstić information content (AvgIpc) is 3.16. The summed E-state index contributed by atoms with van der Waals surface area (Å²) in [5.41, 5.74) is -3.33. The van der Waals surface area contributed by atoms with E-state index in [1.165, 1.54) is 0 Å². The summed E-state index contributed by atoms with van der Waals surface area (Å²) in [6, 6.07) is 0. The lowest BCUT2D eigenvalue weighted by Gasteiger charge is -2.31. The second kappa shape index (κ2) is 26.1. The van der Waals surface area contributed by atoms with Crippen LogP contribution in [0.15, 0.2) is 75.9 Å². The van der Waals surface area contributed by atoms with Gasteiger partial charge >= 0.3 is 47.8 Å². The summed E-state index contributed by atoms with van der Waals surface area (Å²) < 4.78 is 41.1. The van der Waals surface area contributed by atoms with Crippen molar-refractivity contribution < 1.29 is 76.3 Å². The molecular formula is C36H46O16. The molecule has 0 aliphatic rings. The van der Waals surface area contributed by atoms with Crippen LogP contribution in [-0.4, -0.2) is 99.6 Å². The fourth-order valence-electron chi connectivity index (χ4n) is 3.75. The molecular weight excluding hydrogens is 688 g/mol. The molecule has 0 aliphatic heterocycles. The van der Waals surface area contributed by atoms with E-state index in [4.69, 9.17) is 37.9 Å². The number of rotatable bonds is 29. The van der Waals surface area contributed by atoms with Gasteiger partial charge in [0.05, 0.1) is 0 Å². The number of esters is 8. The summed E-state index contributed by atoms with van der Waals surface area (Å²) >= 11 is 0. The summed E-state index contributed by atoms with van der Waals surface area (Å²) in [4.78, 5) is 95.5. The molecule has 0 aromatic rings. The number of carbonyl (C=O) groups is 8. The molecule has 0 unspecified atom stereocenters. The molecule has 286 valence electrons. The van der Waals surface area contributed by atoms with E-state index in [2.05, 4.69) is 39.5 Å². The molecule has 0 aromatic heterocycles. The van der Waals surface area contributed by atoms with Crippen molar-refractivity contribution in [3.8, 4) is 0 Å². The van der Waals surface area contributed by atoms with Crippen LogP contribution in [-0.2, 0) is 76.3 Å². The van der Waals surface area contributed by atoms with Crippen molar-refractivity contribution in [2.45, 2.75) is 50.5 Å². The van der Waals surface area contributed by atoms with Gasteiger partial charge in [0.2, 0.25) is 5.60 Å². The lowest BCUT2D eigenvalue weighted by molar-refractivity contribution is -0.190. The number of hydrogen-bond donors (Lipinski definition) is 0. The maximum Gasteiger partial charge on any atom is 0.331 e. The van der Waals surface area contributed by atoms with Crippen LogP contribution in [0.4, 0.5) is 0 Å². The van der Waals surface area contributed by atoms with Crippen molar-refractivity contribution in [1.82, 2.24) is 0 Å². The largest absolute Gasteiger partial charge is 0.465 e. The van der Waals surface area contributed by atoms with Gasteiger partial charge in [-0.1, -0.05) is 58.7 Å². The maximum atomic E-state index is 12.5. The highest BCUT2D eigenvalue weighted by Crippen LogP contribution is 2.22. The predicted molar refractivity (Wildman–Crippen MR) is 181 cm³/mol. The van der Waals surface area contributed by atoms with E-state index in [9.17, 15) is 38.4 Å². The third-order valence-corrected chi connectivity index (χ3v) is 6.63. The van der Waals surface area contributed by atoms with Gasteiger partial charge in [-0.2, -0.15) is 0 Å². The van der Waals surface area contributed by atoms with Gasteiger partial charge in [0, 0.05) is 49.3 Å². The van der Waals surface area contributed by atoms with E-state index >= 15 is 0 Å². The van der Waals surface area contributed by atoms with Crippen molar-refractivity contribution >= 4 is 47.8 Å². The predicted octanol–water partition coefficient (Wildman–Crippen LogP) is 2.90. The fraction of sp³-hybridized carbons (Fsp3) is 0.444. The third-order valence-electron chi connectivity index (χ3n) is 6.63. The molecule has 0 fully saturated rings. The lowest BCUT2D eigenvalue weighted by atomic mass is 9.92. The summed E-state index contributed by atoms with van der Waals surface area (Å²) in [5, 5.41) is 0. The van der Waals surface area contributed by atoms with Crippen molar-refractivity contribution in [2.24, 2.45) is 5.41 Å². The third kappa shape index (κ3) is 20.7. The number of unbranched alkanes of at least 4 members (excludes halogenated alkanes) is 4. The number of hydrogen-bond acceptors (Lipinski definition) is 16. The first-order valence-corrected chi connectivity index (χ1v) is 15.9. The van der Waals surface area contributed by atoms with E-state index in [1.807, 2.05) is 0 Å². The van der Waals surface area contributed by atoms with Gasteiger partial charge < -0.3 is 37.9 Å². The van der Waals surface area contributed by atoms with E-state index < -0.39 is 105 Å². The Hall–Kier alpha value is -5.80. The Balaban J connectivity index is 5.04. The minimum atomic E-state index is -1.88. The standard InChI is InChI=1S/C36H46O16/c1-7-27(37)45-20-35(21-46-28(38)8-2,22-47-29(39)9-3)23-48-33(43)18-16-14-13-15-17-19-34(44)51-26-36(52-32(42)12-6,24-49-30(40)10-4)25-50-31(41)11-5/h7-12H,1-6,13-26H2. The van der Waals surface area contributed by atoms with Crippen molar-refractivity contribution in [3.05, 3.63) is 75.9 Å². The molecule has 16 heteroatoms. The minimum absolute atomic E-state index is 0.00181. The molecule has 0 atom stereocenters. The highest BCUT2D eigenvalue weighted by atomic mass is 16.6. The van der Waals surface area contributed by atoms with Gasteiger partial charge in [-0.15, -0.1) is 0 Å². The first-order valence-electron chi connectivity index (χ1n) is 15.9. The molecule has 0 amide bonds. The summed E-state index contributed by atoms with van der Waals surface area (Å²) in [5.74, 6) is -6.42. The minimum Gasteiger partial charge on any atom is -0.465 e. The average molecular weight is 735 g/mol. The van der Waals surface area contributed by atoms with Crippen molar-refractivity contribution in [2.75, 3.05) is 46.2 Å². The van der Waals surface area contributed by atoms with E-state index in [0.717, 1.165) is 36.5 Å². The van der Waals surface area contributed by atoms with Crippen molar-refractivity contribution in [1.29, 1.82) is 0 Å². The van der Waals surface area contributed by atoms with Gasteiger partial charge in [-0.05, 0) is 12.8 Å². The van der Waals surface area contributed by atoms with Gasteiger partial charge in [-0.3, -0.25) is 9.59 Å². The SMILES string of the molecule is C=CC(=O)OCC(COC(=O)C=C)(COC(=O)C=C)COC(=O)CCCCCCCC(=O)OCC(COC(=O)C=C)(COC(=O)C=C)OC(=O)C=C. The molecule has 0 rings (SSSR count). The summed E-state index contributed by atoms with van der Waals surface area (Å²) in [6.45, 7) is 16.1. The van der Waals surface area contributed by atoms with Gasteiger partial charge in [0.1, 0.15) is 51.7 Å². The van der Waals surface area contributed by atoms with Crippen LogP contribution in [0.5, 0.6) is 0 Å². The molecule has 0 N–H and O–H groups in total. The second-order valence-corrected chi connectivity index (χ2v) is 11.0. The molecule has 0 heterocycles. The fourth-order valence-corrected chi connectivity index (χ4v) is 3.75. The number of carbonyl (C=O) groups excluding carboxylic acids is 8. The number of ether oxygens (including phenoxy) is 8. The highest BCUT2D eigenvalue weighted by molar-refractivity contribution is 5.84. The molecule has 0 aliphatic carbocycles. The van der Waals surface area contributed by atoms with Crippen molar-refractivity contribution in [3.63, 3.8) is 0 Å². The molecule has 0 bridgehead atoms. The lowest BCUT2D eigenvalue weighted by Crippen LogP contribution is -2.49. The topological polar surface area (TPSA) is 210 Å². The monoisotopic (exact) mass is 734 g/mol. The molecule has 0 spiro atoms. The van der Waals surface area contributed by atoms with Crippen LogP contribution < -0.4 is 0 Å². The second-order valence-electron chi connectivity index (χ2n) is 11.0. The molecule has 16 nitrogen and oxygen atoms in total. The molecule has 0 saturated carbocycles. The zero-order valence-corrected chi connectivity index (χ0v) is 29.1. The van der Waals surface area contributed by atoms with Crippen LogP contribution in [0, 0.1) is 5.41 Å². The van der Waals surface area contributed by atoms with Crippen LogP contribution in [0.2, 0.25) is 0 Å². The first-order chi connectivity index (χ1) is 24.7. The first kappa shape index (κ1) is 46.2. The Morgan fingerprint density at radius 1 is 0.365 bits per heavy atom. The van der Waals surface area contributed by atoms with Crippen LogP contribution in [0.3, 0.4) is 0 Å². The Kier molecular flexibility index (Phi) is 23.2. The van der Waals surface area contributed by atoms with Gasteiger partial charge in [0.25, 0.3) is 0 Å². The zero-order chi connectivity index (χ0) is 39.4. The molecule has 0 aromatic carbocycles. The summed E-state index contributed by atoms with van der Waals surface area (Å²) in [7, 11) is 0. The Labute approximate surface area is 302 Å². The molecule has 0 saturated heterocycles. The Bertz CT molecular complexity index is 1240. The van der Waals surface area contributed by atoms with Crippen LogP contribution in [0.1, 0.15) is 44.9 Å². The molecule has 0 radical (unpaired) electrons. The van der Waals surface area contributed by atoms with Gasteiger partial charge in [-0.25, -0.2) is 28.8 Å². The zero-order valence-electron chi connectivity index (χ0n) is 29.1. The highest BCUT2D eigenvalue weighted by Gasteiger charge is 2.40. The quantitative estimate of drug-likeness (QED) is 0.0468.